The van der Waals surface area contributed by atoms with E-state index in [1.54, 1.807) is 0 Å². The number of carbonyl (C=O) groups excluding carboxylic acids is 2. The summed E-state index contributed by atoms with van der Waals surface area (Å²) < 4.78 is 31.5. The molecule has 3 amide bonds. The Balaban J connectivity index is 1.33. The molecule has 0 bridgehead atoms. The van der Waals surface area contributed by atoms with Gasteiger partial charge in [0, 0.05) is 30.6 Å². The second-order valence-electron chi connectivity index (χ2n) is 14.5. The minimum absolute atomic E-state index is 0.00431. The number of carbonyl (C=O) groups is 2. The molecule has 2 saturated heterocycles. The number of ether oxygens (including phenoxy) is 2. The number of amides is 3. The van der Waals surface area contributed by atoms with Gasteiger partial charge in [-0.2, -0.15) is 11.8 Å². The zero-order chi connectivity index (χ0) is 38.4. The summed E-state index contributed by atoms with van der Waals surface area (Å²) in [7, 11) is 0. The van der Waals surface area contributed by atoms with E-state index in [0.717, 1.165) is 35.3 Å². The van der Waals surface area contributed by atoms with E-state index < -0.39 is 17.9 Å². The van der Waals surface area contributed by atoms with Crippen LogP contribution in [-0.4, -0.2) is 79.7 Å². The Labute approximate surface area is 330 Å². The number of benzene rings is 3. The van der Waals surface area contributed by atoms with Crippen molar-refractivity contribution < 1.29 is 32.6 Å². The van der Waals surface area contributed by atoms with Crippen molar-refractivity contribution in [1.29, 1.82) is 0 Å². The van der Waals surface area contributed by atoms with Crippen molar-refractivity contribution in [2.75, 3.05) is 38.7 Å². The lowest BCUT2D eigenvalue weighted by atomic mass is 9.79. The lowest BCUT2D eigenvalue weighted by Gasteiger charge is -2.39. The van der Waals surface area contributed by atoms with E-state index in [0.29, 0.717) is 44.3 Å². The molecular weight excluding hydrogens is 742 g/mol. The summed E-state index contributed by atoms with van der Waals surface area (Å²) in [5.74, 6) is 0.897. The Morgan fingerprint density at radius 3 is 2.06 bits per heavy atom. The zero-order valence-corrected chi connectivity index (χ0v) is 34.4. The normalized spacial score (nSPS) is 20.1. The zero-order valence-electron chi connectivity index (χ0n) is 31.9. The summed E-state index contributed by atoms with van der Waals surface area (Å²) in [6.45, 7) is 6.45. The molecule has 0 aliphatic carbocycles. The fraction of sp³-hybridized carbons (Fsp3) is 0.512. The highest BCUT2D eigenvalue weighted by atomic mass is 32.5. The predicted molar refractivity (Wildman–Crippen MR) is 219 cm³/mol. The van der Waals surface area contributed by atoms with E-state index in [2.05, 4.69) is 52.3 Å². The van der Waals surface area contributed by atoms with Crippen LogP contribution in [0, 0.1) is 0 Å². The van der Waals surface area contributed by atoms with Gasteiger partial charge in [-0.15, -0.1) is 0 Å². The monoisotopic (exact) mass is 797 g/mol. The lowest BCUT2D eigenvalue weighted by Crippen LogP contribution is -2.39. The molecule has 0 radical (unpaired) electrons. The largest absolute Gasteiger partial charge is 0.379 e. The second kappa shape index (κ2) is 20.4. The van der Waals surface area contributed by atoms with Crippen LogP contribution in [0.1, 0.15) is 76.5 Å². The van der Waals surface area contributed by atoms with Crippen molar-refractivity contribution in [1.82, 2.24) is 16.0 Å². The summed E-state index contributed by atoms with van der Waals surface area (Å²) in [6, 6.07) is 30.9. The van der Waals surface area contributed by atoms with E-state index in [1.807, 2.05) is 94.1 Å². The van der Waals surface area contributed by atoms with Gasteiger partial charge in [0.05, 0.1) is 43.6 Å². The van der Waals surface area contributed by atoms with Gasteiger partial charge < -0.3 is 39.0 Å². The smallest absolute Gasteiger partial charge is 0.327 e. The fourth-order valence-electron chi connectivity index (χ4n) is 6.88. The molecule has 5 rings (SSSR count). The molecule has 10 nitrogen and oxygen atoms in total. The maximum Gasteiger partial charge on any atom is 0.327 e. The SMILES string of the molecule is CCOCCOP(=S)(OCCC(CCNC(=O)CCCC1SCC2NC(=O)NC21)OC(c1ccccc1)(c1ccccc1)c1ccccc1)OC(C)(C)C. The fourth-order valence-corrected chi connectivity index (χ4v) is 11.0. The van der Waals surface area contributed by atoms with Gasteiger partial charge in [-0.05, 0) is 81.9 Å². The third-order valence-electron chi connectivity index (χ3n) is 9.26. The van der Waals surface area contributed by atoms with Gasteiger partial charge in [0.15, 0.2) is 0 Å². The lowest BCUT2D eigenvalue weighted by molar-refractivity contribution is -0.121. The van der Waals surface area contributed by atoms with Crippen molar-refractivity contribution in [3.63, 3.8) is 0 Å². The third-order valence-corrected chi connectivity index (χ3v) is 13.4. The van der Waals surface area contributed by atoms with E-state index in [1.165, 1.54) is 0 Å². The standard InChI is InChI=1S/C41H56N3O7PS2/c1-5-47-28-29-49-52(53,51-40(2,3)4)48-27-25-34(24-26-42-37(45)23-15-22-36-38-35(30-54-36)43-39(46)44-38)50-41(31-16-9-6-10-17-31,32-18-11-7-12-19-32)33-20-13-8-14-21-33/h6-14,16-21,34-36,38H,5,15,22-30H2,1-4H3,(H,42,45)(H2,43,44,46). The van der Waals surface area contributed by atoms with Gasteiger partial charge in [0.1, 0.15) is 5.60 Å². The minimum atomic E-state index is -3.14. The maximum absolute atomic E-state index is 13.1. The molecular formula is C41H56N3O7PS2. The topological polar surface area (TPSA) is 116 Å². The molecule has 2 fully saturated rings. The molecule has 5 atom stereocenters. The van der Waals surface area contributed by atoms with Gasteiger partial charge in [-0.1, -0.05) is 91.0 Å². The predicted octanol–water partition coefficient (Wildman–Crippen LogP) is 7.71. The van der Waals surface area contributed by atoms with Crippen molar-refractivity contribution in [3.8, 4) is 0 Å². The molecule has 0 saturated carbocycles. The molecule has 2 heterocycles. The third kappa shape index (κ3) is 12.1. The van der Waals surface area contributed by atoms with Crippen LogP contribution < -0.4 is 16.0 Å². The maximum atomic E-state index is 13.1. The quantitative estimate of drug-likeness (QED) is 0.0407. The van der Waals surface area contributed by atoms with Gasteiger partial charge in [-0.25, -0.2) is 4.79 Å². The van der Waals surface area contributed by atoms with Crippen LogP contribution in [0.4, 0.5) is 4.79 Å². The van der Waals surface area contributed by atoms with Crippen LogP contribution in [0.3, 0.4) is 0 Å². The first-order valence-corrected chi connectivity index (χ1v) is 22.6. The number of thioether (sulfide) groups is 1. The van der Waals surface area contributed by atoms with Crippen LogP contribution in [0.5, 0.6) is 0 Å². The molecule has 13 heteroatoms. The summed E-state index contributed by atoms with van der Waals surface area (Å²) >= 11 is 7.75. The number of hydrogen-bond donors (Lipinski definition) is 3. The Morgan fingerprint density at radius 2 is 1.48 bits per heavy atom. The Morgan fingerprint density at radius 1 is 0.889 bits per heavy atom. The first-order valence-electron chi connectivity index (χ1n) is 19.0. The Bertz CT molecular complexity index is 1550. The summed E-state index contributed by atoms with van der Waals surface area (Å²) in [4.78, 5) is 24.9. The van der Waals surface area contributed by atoms with Gasteiger partial charge in [0.2, 0.25) is 5.91 Å². The van der Waals surface area contributed by atoms with Crippen LogP contribution in [0.2, 0.25) is 0 Å². The number of rotatable bonds is 22. The molecule has 5 unspecified atom stereocenters. The Hall–Kier alpha value is -2.80. The molecule has 3 aromatic carbocycles. The molecule has 0 spiro atoms. The molecule has 54 heavy (non-hydrogen) atoms. The van der Waals surface area contributed by atoms with Gasteiger partial charge in [-0.3, -0.25) is 4.79 Å². The number of fused-ring (bicyclic) bond motifs is 1. The highest BCUT2D eigenvalue weighted by molar-refractivity contribution is 8.07. The van der Waals surface area contributed by atoms with E-state index in [4.69, 9.17) is 34.9 Å². The summed E-state index contributed by atoms with van der Waals surface area (Å²) in [5, 5.41) is 9.48. The molecule has 0 aromatic heterocycles. The molecule has 294 valence electrons. The van der Waals surface area contributed by atoms with Crippen LogP contribution in [-0.2, 0) is 45.2 Å². The minimum Gasteiger partial charge on any atom is -0.379 e. The number of urea groups is 1. The highest BCUT2D eigenvalue weighted by Crippen LogP contribution is 2.53. The van der Waals surface area contributed by atoms with Crippen molar-refractivity contribution in [2.45, 2.75) is 94.4 Å². The summed E-state index contributed by atoms with van der Waals surface area (Å²) in [6.07, 6.45) is 2.64. The molecule has 2 aliphatic rings. The van der Waals surface area contributed by atoms with Gasteiger partial charge >= 0.3 is 12.7 Å². The number of hydrogen-bond acceptors (Lipinski definition) is 9. The molecule has 2 aliphatic heterocycles. The Kier molecular flexibility index (Phi) is 16.0. The average molecular weight is 798 g/mol. The first-order chi connectivity index (χ1) is 26.0. The van der Waals surface area contributed by atoms with Crippen LogP contribution >= 0.6 is 18.5 Å². The first kappa shape index (κ1) is 42.3. The highest BCUT2D eigenvalue weighted by Gasteiger charge is 2.43. The second-order valence-corrected chi connectivity index (χ2v) is 18.7. The molecule has 3 aromatic rings. The number of nitrogens with one attached hydrogen (secondary N) is 3. The van der Waals surface area contributed by atoms with Crippen molar-refractivity contribution in [2.24, 2.45) is 0 Å². The summed E-state index contributed by atoms with van der Waals surface area (Å²) in [5.41, 5.74) is 1.41. The van der Waals surface area contributed by atoms with Crippen LogP contribution in [0.25, 0.3) is 0 Å². The van der Waals surface area contributed by atoms with E-state index in [-0.39, 0.29) is 43.3 Å². The van der Waals surface area contributed by atoms with E-state index in [9.17, 15) is 9.59 Å². The molecule has 3 N–H and O–H groups in total. The van der Waals surface area contributed by atoms with E-state index >= 15 is 0 Å². The van der Waals surface area contributed by atoms with Crippen molar-refractivity contribution >= 4 is 42.2 Å². The van der Waals surface area contributed by atoms with Crippen LogP contribution in [0.15, 0.2) is 91.0 Å². The van der Waals surface area contributed by atoms with Gasteiger partial charge in [0.25, 0.3) is 0 Å². The van der Waals surface area contributed by atoms with Crippen molar-refractivity contribution in [3.05, 3.63) is 108 Å². The average Bonchev–Trinajstić information content (AvgIpc) is 3.71.